The van der Waals surface area contributed by atoms with Gasteiger partial charge in [-0.2, -0.15) is 11.3 Å². The van der Waals surface area contributed by atoms with Gasteiger partial charge in [0.05, 0.1) is 0 Å². The maximum atomic E-state index is 11.5. The molecule has 1 N–H and O–H groups in total. The summed E-state index contributed by atoms with van der Waals surface area (Å²) in [5.74, 6) is -0.664. The third-order valence-electron chi connectivity index (χ3n) is 3.56. The minimum Gasteiger partial charge on any atom is -0.480 e. The van der Waals surface area contributed by atoms with Gasteiger partial charge in [0, 0.05) is 6.54 Å². The Bertz CT molecular complexity index is 363. The Morgan fingerprint density at radius 3 is 3.06 bits per heavy atom. The number of carboxylic acids is 1. The fraction of sp³-hybridized carbons (Fsp3) is 0.583. The van der Waals surface area contributed by atoms with Crippen LogP contribution in [0.1, 0.15) is 31.7 Å². The van der Waals surface area contributed by atoms with Gasteiger partial charge in [0.2, 0.25) is 0 Å². The average Bonchev–Trinajstić information content (AvgIpc) is 2.88. The molecule has 0 saturated carbocycles. The van der Waals surface area contributed by atoms with Gasteiger partial charge in [0.25, 0.3) is 0 Å². The number of rotatable bonds is 4. The Balaban J connectivity index is 2.16. The van der Waals surface area contributed by atoms with Crippen molar-refractivity contribution in [1.82, 2.24) is 4.90 Å². The first-order valence-electron chi connectivity index (χ1n) is 5.68. The Morgan fingerprint density at radius 1 is 1.69 bits per heavy atom. The predicted octanol–water partition coefficient (Wildman–Crippen LogP) is 2.58. The van der Waals surface area contributed by atoms with Gasteiger partial charge < -0.3 is 5.11 Å². The van der Waals surface area contributed by atoms with Crippen molar-refractivity contribution < 1.29 is 9.90 Å². The van der Waals surface area contributed by atoms with E-state index in [1.807, 2.05) is 12.3 Å². The van der Waals surface area contributed by atoms with Gasteiger partial charge in [-0.25, -0.2) is 0 Å². The van der Waals surface area contributed by atoms with E-state index in [-0.39, 0.29) is 0 Å². The largest absolute Gasteiger partial charge is 0.480 e. The van der Waals surface area contributed by atoms with E-state index in [9.17, 15) is 9.90 Å². The summed E-state index contributed by atoms with van der Waals surface area (Å²) in [6.07, 6.45) is 2.46. The molecule has 2 heterocycles. The summed E-state index contributed by atoms with van der Waals surface area (Å²) in [6.45, 7) is 3.64. The van der Waals surface area contributed by atoms with Gasteiger partial charge in [-0.1, -0.05) is 6.92 Å². The minimum atomic E-state index is -0.664. The van der Waals surface area contributed by atoms with Crippen LogP contribution < -0.4 is 0 Å². The third kappa shape index (κ3) is 1.87. The summed E-state index contributed by atoms with van der Waals surface area (Å²) in [6, 6.07) is 2.07. The zero-order chi connectivity index (χ0) is 11.6. The highest BCUT2D eigenvalue weighted by Gasteiger charge is 2.45. The molecule has 0 radical (unpaired) electrons. The molecule has 1 saturated heterocycles. The Labute approximate surface area is 99.7 Å². The molecule has 1 aromatic heterocycles. The van der Waals surface area contributed by atoms with E-state index in [2.05, 4.69) is 16.3 Å². The average molecular weight is 239 g/mol. The molecule has 1 aliphatic heterocycles. The summed E-state index contributed by atoms with van der Waals surface area (Å²) in [5, 5.41) is 13.6. The van der Waals surface area contributed by atoms with Gasteiger partial charge in [0.1, 0.15) is 5.54 Å². The molecule has 1 aliphatic rings. The molecule has 1 atom stereocenters. The molecule has 3 nitrogen and oxygen atoms in total. The van der Waals surface area contributed by atoms with E-state index in [1.165, 1.54) is 5.56 Å². The number of hydrogen-bond donors (Lipinski definition) is 1. The predicted molar refractivity (Wildman–Crippen MR) is 64.6 cm³/mol. The topological polar surface area (TPSA) is 40.5 Å². The van der Waals surface area contributed by atoms with E-state index in [4.69, 9.17) is 0 Å². The standard InChI is InChI=1S/C12H17NO2S/c1-2-12(11(14)15)5-3-6-13(12)8-10-4-7-16-9-10/h4,7,9H,2-3,5-6,8H2,1H3,(H,14,15). The SMILES string of the molecule is CCC1(C(=O)O)CCCN1Cc1ccsc1. The molecule has 16 heavy (non-hydrogen) atoms. The second-order valence-corrected chi connectivity index (χ2v) is 5.13. The molecule has 1 fully saturated rings. The number of nitrogens with zero attached hydrogens (tertiary/aromatic N) is 1. The lowest BCUT2D eigenvalue weighted by atomic mass is 9.93. The molecular formula is C12H17NO2S. The fourth-order valence-electron chi connectivity index (χ4n) is 2.56. The maximum Gasteiger partial charge on any atom is 0.324 e. The van der Waals surface area contributed by atoms with Crippen LogP contribution in [0, 0.1) is 0 Å². The summed E-state index contributed by atoms with van der Waals surface area (Å²) in [7, 11) is 0. The van der Waals surface area contributed by atoms with E-state index in [0.717, 1.165) is 25.9 Å². The van der Waals surface area contributed by atoms with Crippen LogP contribution in [0.15, 0.2) is 16.8 Å². The smallest absolute Gasteiger partial charge is 0.324 e. The van der Waals surface area contributed by atoms with Gasteiger partial charge >= 0.3 is 5.97 Å². The molecule has 0 aliphatic carbocycles. The Kier molecular flexibility index (Phi) is 3.30. The molecule has 1 unspecified atom stereocenters. The maximum absolute atomic E-state index is 11.5. The van der Waals surface area contributed by atoms with E-state index in [0.29, 0.717) is 6.42 Å². The second-order valence-electron chi connectivity index (χ2n) is 4.35. The van der Waals surface area contributed by atoms with Crippen molar-refractivity contribution in [2.75, 3.05) is 6.54 Å². The summed E-state index contributed by atoms with van der Waals surface area (Å²) >= 11 is 1.67. The van der Waals surface area contributed by atoms with Crippen LogP contribution in [0.25, 0.3) is 0 Å². The first-order chi connectivity index (χ1) is 7.69. The van der Waals surface area contributed by atoms with Gasteiger partial charge in [-0.15, -0.1) is 0 Å². The lowest BCUT2D eigenvalue weighted by Crippen LogP contribution is -2.49. The highest BCUT2D eigenvalue weighted by atomic mass is 32.1. The molecule has 0 aromatic carbocycles. The van der Waals surface area contributed by atoms with Gasteiger partial charge in [-0.3, -0.25) is 9.69 Å². The van der Waals surface area contributed by atoms with Crippen molar-refractivity contribution >= 4 is 17.3 Å². The molecule has 0 spiro atoms. The molecule has 4 heteroatoms. The number of aliphatic carboxylic acids is 1. The van der Waals surface area contributed by atoms with Crippen LogP contribution in [-0.4, -0.2) is 28.1 Å². The number of hydrogen-bond acceptors (Lipinski definition) is 3. The molecule has 0 amide bonds. The molecule has 2 rings (SSSR count). The number of likely N-dealkylation sites (tertiary alicyclic amines) is 1. The highest BCUT2D eigenvalue weighted by Crippen LogP contribution is 2.34. The van der Waals surface area contributed by atoms with Crippen LogP contribution in [-0.2, 0) is 11.3 Å². The summed E-state index contributed by atoms with van der Waals surface area (Å²) < 4.78 is 0. The van der Waals surface area contributed by atoms with Crippen molar-refractivity contribution in [3.63, 3.8) is 0 Å². The lowest BCUT2D eigenvalue weighted by molar-refractivity contribution is -0.150. The summed E-state index contributed by atoms with van der Waals surface area (Å²) in [5.41, 5.74) is 0.605. The minimum absolute atomic E-state index is 0.623. The van der Waals surface area contributed by atoms with E-state index >= 15 is 0 Å². The quantitative estimate of drug-likeness (QED) is 0.878. The second kappa shape index (κ2) is 4.55. The van der Waals surface area contributed by atoms with Crippen molar-refractivity contribution in [2.24, 2.45) is 0 Å². The highest BCUT2D eigenvalue weighted by molar-refractivity contribution is 7.07. The van der Waals surface area contributed by atoms with Crippen molar-refractivity contribution in [2.45, 2.75) is 38.3 Å². The number of thiophene rings is 1. The van der Waals surface area contributed by atoms with Crippen molar-refractivity contribution in [1.29, 1.82) is 0 Å². The van der Waals surface area contributed by atoms with E-state index in [1.54, 1.807) is 11.3 Å². The van der Waals surface area contributed by atoms with Crippen LogP contribution in [0.5, 0.6) is 0 Å². The first-order valence-corrected chi connectivity index (χ1v) is 6.63. The Hall–Kier alpha value is -0.870. The fourth-order valence-corrected chi connectivity index (χ4v) is 3.22. The van der Waals surface area contributed by atoms with Crippen LogP contribution in [0.2, 0.25) is 0 Å². The van der Waals surface area contributed by atoms with E-state index < -0.39 is 11.5 Å². The van der Waals surface area contributed by atoms with Crippen LogP contribution in [0.3, 0.4) is 0 Å². The van der Waals surface area contributed by atoms with Gasteiger partial charge in [0.15, 0.2) is 0 Å². The van der Waals surface area contributed by atoms with Crippen LogP contribution >= 0.6 is 11.3 Å². The molecule has 0 bridgehead atoms. The van der Waals surface area contributed by atoms with Crippen LogP contribution in [0.4, 0.5) is 0 Å². The lowest BCUT2D eigenvalue weighted by Gasteiger charge is -2.33. The molecular weight excluding hydrogens is 222 g/mol. The zero-order valence-electron chi connectivity index (χ0n) is 9.48. The summed E-state index contributed by atoms with van der Waals surface area (Å²) in [4.78, 5) is 13.6. The van der Waals surface area contributed by atoms with Crippen molar-refractivity contribution in [3.8, 4) is 0 Å². The number of carboxylic acid groups (broad SMARTS) is 1. The molecule has 1 aromatic rings. The normalized spacial score (nSPS) is 26.1. The van der Waals surface area contributed by atoms with Crippen molar-refractivity contribution in [3.05, 3.63) is 22.4 Å². The zero-order valence-corrected chi connectivity index (χ0v) is 10.3. The number of carbonyl (C=O) groups is 1. The van der Waals surface area contributed by atoms with Gasteiger partial charge in [-0.05, 0) is 48.2 Å². The monoisotopic (exact) mass is 239 g/mol. The first kappa shape index (κ1) is 11.6. The Morgan fingerprint density at radius 2 is 2.50 bits per heavy atom. The third-order valence-corrected chi connectivity index (χ3v) is 4.29. The molecule has 88 valence electrons.